The van der Waals surface area contributed by atoms with Crippen molar-refractivity contribution in [2.45, 2.75) is 17.6 Å². The molecule has 0 saturated heterocycles. The van der Waals surface area contributed by atoms with Crippen LogP contribution in [0.2, 0.25) is 0 Å². The number of anilines is 1. The van der Waals surface area contributed by atoms with E-state index < -0.39 is 0 Å². The second-order valence-corrected chi connectivity index (χ2v) is 5.91. The van der Waals surface area contributed by atoms with Gasteiger partial charge in [0, 0.05) is 20.8 Å². The van der Waals surface area contributed by atoms with Crippen LogP contribution in [0.15, 0.2) is 51.8 Å². The molecule has 0 atom stereocenters. The van der Waals surface area contributed by atoms with Crippen LogP contribution >= 0.6 is 27.7 Å². The van der Waals surface area contributed by atoms with Gasteiger partial charge in [0.25, 0.3) is 0 Å². The Kier molecular flexibility index (Phi) is 4.13. The molecule has 1 nitrogen and oxygen atoms in total. The highest BCUT2D eigenvalue weighted by molar-refractivity contribution is 9.10. The lowest BCUT2D eigenvalue weighted by molar-refractivity contribution is 1.34. The number of aryl methyl sites for hydroxylation is 1. The van der Waals surface area contributed by atoms with E-state index in [0.717, 1.165) is 15.9 Å². The van der Waals surface area contributed by atoms with Gasteiger partial charge >= 0.3 is 0 Å². The van der Waals surface area contributed by atoms with Gasteiger partial charge in [0.1, 0.15) is 0 Å². The van der Waals surface area contributed by atoms with Crippen molar-refractivity contribution in [1.29, 1.82) is 0 Å². The second kappa shape index (κ2) is 5.61. The number of nitrogens with two attached hydrogens (primary N) is 1. The molecular formula is C14H14BrNS. The van der Waals surface area contributed by atoms with Crippen LogP contribution in [0.1, 0.15) is 11.1 Å². The van der Waals surface area contributed by atoms with E-state index >= 15 is 0 Å². The first-order chi connectivity index (χ1) is 8.15. The SMILES string of the molecule is Cc1cccc(SCc2ccc(Br)cc2N)c1. The van der Waals surface area contributed by atoms with Gasteiger partial charge in [-0.05, 0) is 36.8 Å². The second-order valence-electron chi connectivity index (χ2n) is 3.95. The molecule has 0 aliphatic rings. The monoisotopic (exact) mass is 307 g/mol. The quantitative estimate of drug-likeness (QED) is 0.661. The highest BCUT2D eigenvalue weighted by Crippen LogP contribution is 2.27. The standard InChI is InChI=1S/C14H14BrNS/c1-10-3-2-4-13(7-10)17-9-11-5-6-12(15)8-14(11)16/h2-8H,9,16H2,1H3. The minimum absolute atomic E-state index is 0.847. The Balaban J connectivity index is 2.07. The lowest BCUT2D eigenvalue weighted by Gasteiger charge is -2.06. The third kappa shape index (κ3) is 3.51. The maximum absolute atomic E-state index is 5.97. The molecule has 2 aromatic carbocycles. The molecule has 0 aliphatic carbocycles. The van der Waals surface area contributed by atoms with Gasteiger partial charge in [-0.3, -0.25) is 0 Å². The maximum atomic E-state index is 5.97. The van der Waals surface area contributed by atoms with Gasteiger partial charge in [-0.1, -0.05) is 39.7 Å². The number of hydrogen-bond acceptors (Lipinski definition) is 2. The topological polar surface area (TPSA) is 26.0 Å². The lowest BCUT2D eigenvalue weighted by Crippen LogP contribution is -1.92. The molecular weight excluding hydrogens is 294 g/mol. The molecule has 0 amide bonds. The van der Waals surface area contributed by atoms with E-state index in [4.69, 9.17) is 5.73 Å². The fourth-order valence-corrected chi connectivity index (χ4v) is 2.97. The van der Waals surface area contributed by atoms with E-state index in [9.17, 15) is 0 Å². The van der Waals surface area contributed by atoms with Gasteiger partial charge in [-0.2, -0.15) is 0 Å². The number of thioether (sulfide) groups is 1. The van der Waals surface area contributed by atoms with Gasteiger partial charge in [0.05, 0.1) is 0 Å². The van der Waals surface area contributed by atoms with Crippen molar-refractivity contribution in [3.8, 4) is 0 Å². The zero-order valence-corrected chi connectivity index (χ0v) is 12.0. The summed E-state index contributed by atoms with van der Waals surface area (Å²) >= 11 is 5.23. The molecule has 0 spiro atoms. The first kappa shape index (κ1) is 12.5. The zero-order valence-electron chi connectivity index (χ0n) is 9.61. The summed E-state index contributed by atoms with van der Waals surface area (Å²) in [6, 6.07) is 14.6. The summed E-state index contributed by atoms with van der Waals surface area (Å²) < 4.78 is 1.03. The van der Waals surface area contributed by atoms with Crippen LogP contribution in [0.25, 0.3) is 0 Å². The summed E-state index contributed by atoms with van der Waals surface area (Å²) in [6.45, 7) is 2.11. The highest BCUT2D eigenvalue weighted by Gasteiger charge is 2.01. The van der Waals surface area contributed by atoms with Crippen LogP contribution in [0, 0.1) is 6.92 Å². The molecule has 17 heavy (non-hydrogen) atoms. The summed E-state index contributed by atoms with van der Waals surface area (Å²) in [4.78, 5) is 1.28. The maximum Gasteiger partial charge on any atom is 0.0366 e. The van der Waals surface area contributed by atoms with Gasteiger partial charge < -0.3 is 5.73 Å². The molecule has 0 fully saturated rings. The summed E-state index contributed by atoms with van der Waals surface area (Å²) in [5.41, 5.74) is 9.29. The molecule has 3 heteroatoms. The Morgan fingerprint density at radius 1 is 1.18 bits per heavy atom. The predicted molar refractivity (Wildman–Crippen MR) is 79.3 cm³/mol. The van der Waals surface area contributed by atoms with Gasteiger partial charge in [-0.15, -0.1) is 11.8 Å². The number of hydrogen-bond donors (Lipinski definition) is 1. The van der Waals surface area contributed by atoms with E-state index in [1.807, 2.05) is 23.9 Å². The minimum atomic E-state index is 0.847. The van der Waals surface area contributed by atoms with E-state index in [0.29, 0.717) is 0 Å². The fraction of sp³-hybridized carbons (Fsp3) is 0.143. The first-order valence-corrected chi connectivity index (χ1v) is 7.16. The summed E-state index contributed by atoms with van der Waals surface area (Å²) in [5, 5.41) is 0. The average molecular weight is 308 g/mol. The van der Waals surface area contributed by atoms with Crippen LogP contribution in [0.5, 0.6) is 0 Å². The van der Waals surface area contributed by atoms with Gasteiger partial charge in [0.2, 0.25) is 0 Å². The van der Waals surface area contributed by atoms with Crippen molar-refractivity contribution >= 4 is 33.4 Å². The molecule has 0 aromatic heterocycles. The van der Waals surface area contributed by atoms with Gasteiger partial charge in [-0.25, -0.2) is 0 Å². The Labute approximate surface area is 115 Å². The molecule has 0 saturated carbocycles. The largest absolute Gasteiger partial charge is 0.398 e. The smallest absolute Gasteiger partial charge is 0.0366 e. The van der Waals surface area contributed by atoms with Gasteiger partial charge in [0.15, 0.2) is 0 Å². The molecule has 0 heterocycles. The summed E-state index contributed by atoms with van der Waals surface area (Å²) in [6.07, 6.45) is 0. The van der Waals surface area contributed by atoms with Crippen molar-refractivity contribution < 1.29 is 0 Å². The third-order valence-corrected chi connectivity index (χ3v) is 4.03. The summed E-state index contributed by atoms with van der Waals surface area (Å²) in [5.74, 6) is 0.905. The van der Waals surface area contributed by atoms with Crippen molar-refractivity contribution in [1.82, 2.24) is 0 Å². The van der Waals surface area contributed by atoms with Crippen LogP contribution in [0.3, 0.4) is 0 Å². The summed E-state index contributed by atoms with van der Waals surface area (Å²) in [7, 11) is 0. The molecule has 0 aliphatic heterocycles. The van der Waals surface area contributed by atoms with E-state index in [-0.39, 0.29) is 0 Å². The lowest BCUT2D eigenvalue weighted by atomic mass is 10.2. The number of nitrogen functional groups attached to an aromatic ring is 1. The van der Waals surface area contributed by atoms with Crippen molar-refractivity contribution in [3.63, 3.8) is 0 Å². The molecule has 2 rings (SSSR count). The average Bonchev–Trinajstić information content (AvgIpc) is 2.28. The highest BCUT2D eigenvalue weighted by atomic mass is 79.9. The Morgan fingerprint density at radius 3 is 2.71 bits per heavy atom. The van der Waals surface area contributed by atoms with Crippen LogP contribution in [-0.4, -0.2) is 0 Å². The Hall–Kier alpha value is -0.930. The van der Waals surface area contributed by atoms with E-state index in [1.54, 1.807) is 0 Å². The molecule has 2 N–H and O–H groups in total. The van der Waals surface area contributed by atoms with Crippen molar-refractivity contribution in [3.05, 3.63) is 58.1 Å². The normalized spacial score (nSPS) is 10.5. The Bertz CT molecular complexity index is 525. The van der Waals surface area contributed by atoms with Crippen LogP contribution in [0.4, 0.5) is 5.69 Å². The number of halogens is 1. The molecule has 2 aromatic rings. The van der Waals surface area contributed by atoms with Crippen molar-refractivity contribution in [2.24, 2.45) is 0 Å². The molecule has 0 unspecified atom stereocenters. The molecule has 0 bridgehead atoms. The minimum Gasteiger partial charge on any atom is -0.398 e. The van der Waals surface area contributed by atoms with Crippen LogP contribution < -0.4 is 5.73 Å². The fourth-order valence-electron chi connectivity index (χ4n) is 1.56. The molecule has 88 valence electrons. The van der Waals surface area contributed by atoms with Crippen molar-refractivity contribution in [2.75, 3.05) is 5.73 Å². The Morgan fingerprint density at radius 2 is 2.00 bits per heavy atom. The zero-order chi connectivity index (χ0) is 12.3. The van der Waals surface area contributed by atoms with Crippen LogP contribution in [-0.2, 0) is 5.75 Å². The number of rotatable bonds is 3. The predicted octanol–water partition coefficient (Wildman–Crippen LogP) is 4.63. The first-order valence-electron chi connectivity index (χ1n) is 5.38. The van der Waals surface area contributed by atoms with E-state index in [1.165, 1.54) is 16.0 Å². The number of benzene rings is 2. The third-order valence-electron chi connectivity index (χ3n) is 2.49. The van der Waals surface area contributed by atoms with E-state index in [2.05, 4.69) is 53.2 Å². The molecule has 0 radical (unpaired) electrons.